The first kappa shape index (κ1) is 36.8. The van der Waals surface area contributed by atoms with Crippen molar-refractivity contribution in [2.24, 2.45) is 11.8 Å². The minimum atomic E-state index is -0.468. The highest BCUT2D eigenvalue weighted by Crippen LogP contribution is 2.30. The van der Waals surface area contributed by atoms with Crippen LogP contribution in [0.4, 0.5) is 5.69 Å². The molecule has 45 heavy (non-hydrogen) atoms. The molecule has 1 aromatic rings. The molecular weight excluding hydrogens is 572 g/mol. The number of aliphatic hydroxyl groups excluding tert-OH is 1. The van der Waals surface area contributed by atoms with Crippen molar-refractivity contribution < 1.29 is 29.0 Å². The number of hydrogen-bond acceptors (Lipinski definition) is 7. The Morgan fingerprint density at radius 3 is 2.47 bits per heavy atom. The number of hydrogen-bond donors (Lipinski definition) is 2. The summed E-state index contributed by atoms with van der Waals surface area (Å²) in [5.41, 5.74) is 0.925. The van der Waals surface area contributed by atoms with E-state index in [1.165, 1.54) is 6.42 Å². The van der Waals surface area contributed by atoms with E-state index < -0.39 is 6.04 Å². The van der Waals surface area contributed by atoms with Crippen LogP contribution in [0.5, 0.6) is 5.75 Å². The number of carbonyl (C=O) groups excluding carboxylic acids is 3. The third-order valence-electron chi connectivity index (χ3n) is 9.17. The maximum atomic E-state index is 14.3. The Morgan fingerprint density at radius 1 is 1.07 bits per heavy atom. The monoisotopic (exact) mass is 630 g/mol. The first-order chi connectivity index (χ1) is 21.5. The second-order valence-corrected chi connectivity index (χ2v) is 13.5. The third kappa shape index (κ3) is 11.6. The van der Waals surface area contributed by atoms with E-state index >= 15 is 0 Å². The smallest absolute Gasteiger partial charge is 0.258 e. The standard InChI is InChI=1S/C35H58N4O6/c1-25-22-39(26(2)24-40)35(43)30-21-29(36-34(42)28-14-8-7-9-15-28)17-18-31(30)45-27(3)13-10-11-20-44-32(25)23-38(6)33(41)16-12-19-37(4)5/h17-18,21,25-28,32,40H,7-16,19-20,22-24H2,1-6H3,(H,36,42)/t25-,26+,27+,32+/m0/s1. The molecule has 10 nitrogen and oxygen atoms in total. The lowest BCUT2D eigenvalue weighted by Crippen LogP contribution is -2.48. The fourth-order valence-electron chi connectivity index (χ4n) is 6.18. The summed E-state index contributed by atoms with van der Waals surface area (Å²) in [7, 11) is 5.81. The molecule has 1 aromatic carbocycles. The lowest BCUT2D eigenvalue weighted by Gasteiger charge is -2.36. The van der Waals surface area contributed by atoms with Crippen LogP contribution in [0.1, 0.15) is 95.3 Å². The number of nitrogens with zero attached hydrogens (tertiary/aromatic N) is 3. The Morgan fingerprint density at radius 2 is 1.78 bits per heavy atom. The number of amides is 3. The fraction of sp³-hybridized carbons (Fsp3) is 0.743. The van der Waals surface area contributed by atoms with Gasteiger partial charge in [0.2, 0.25) is 11.8 Å². The zero-order valence-electron chi connectivity index (χ0n) is 28.6. The molecule has 2 N–H and O–H groups in total. The van der Waals surface area contributed by atoms with Crippen molar-refractivity contribution in [3.05, 3.63) is 23.8 Å². The third-order valence-corrected chi connectivity index (χ3v) is 9.17. The molecule has 0 saturated heterocycles. The largest absolute Gasteiger partial charge is 0.490 e. The number of anilines is 1. The zero-order chi connectivity index (χ0) is 32.9. The lowest BCUT2D eigenvalue weighted by molar-refractivity contribution is -0.132. The van der Waals surface area contributed by atoms with Gasteiger partial charge in [-0.05, 0) is 91.2 Å². The zero-order valence-corrected chi connectivity index (χ0v) is 28.6. The van der Waals surface area contributed by atoms with E-state index in [4.69, 9.17) is 9.47 Å². The van der Waals surface area contributed by atoms with Gasteiger partial charge >= 0.3 is 0 Å². The second kappa shape index (κ2) is 18.5. The lowest BCUT2D eigenvalue weighted by atomic mass is 9.88. The topological polar surface area (TPSA) is 112 Å². The summed E-state index contributed by atoms with van der Waals surface area (Å²) < 4.78 is 12.7. The molecule has 1 saturated carbocycles. The van der Waals surface area contributed by atoms with E-state index in [-0.39, 0.29) is 48.4 Å². The molecular formula is C35H58N4O6. The van der Waals surface area contributed by atoms with Crippen molar-refractivity contribution in [1.29, 1.82) is 0 Å². The van der Waals surface area contributed by atoms with Crippen molar-refractivity contribution in [2.75, 3.05) is 59.3 Å². The summed E-state index contributed by atoms with van der Waals surface area (Å²) in [6.07, 6.45) is 8.43. The van der Waals surface area contributed by atoms with Crippen LogP contribution < -0.4 is 10.1 Å². The Kier molecular flexibility index (Phi) is 15.1. The van der Waals surface area contributed by atoms with Gasteiger partial charge in [-0.15, -0.1) is 0 Å². The van der Waals surface area contributed by atoms with Gasteiger partial charge in [-0.1, -0.05) is 26.2 Å². The summed E-state index contributed by atoms with van der Waals surface area (Å²) in [6, 6.07) is 4.83. The van der Waals surface area contributed by atoms with Crippen molar-refractivity contribution in [3.8, 4) is 5.75 Å². The van der Waals surface area contributed by atoms with Gasteiger partial charge in [-0.2, -0.15) is 0 Å². The number of carbonyl (C=O) groups is 3. The van der Waals surface area contributed by atoms with E-state index in [1.54, 1.807) is 28.0 Å². The van der Waals surface area contributed by atoms with Crippen LogP contribution in [-0.4, -0.2) is 110 Å². The van der Waals surface area contributed by atoms with Crippen LogP contribution in [-0.2, 0) is 14.3 Å². The van der Waals surface area contributed by atoms with Crippen LogP contribution in [0.15, 0.2) is 18.2 Å². The molecule has 1 aliphatic carbocycles. The average Bonchev–Trinajstić information content (AvgIpc) is 3.02. The SMILES string of the molecule is C[C@@H]1CCCCO[C@H](CN(C)C(=O)CCCN(C)C)[C@@H](C)CN([C@H](C)CO)C(=O)c2cc(NC(=O)C3CCCCC3)ccc2O1. The number of benzene rings is 1. The van der Waals surface area contributed by atoms with Gasteiger partial charge in [-0.3, -0.25) is 14.4 Å². The van der Waals surface area contributed by atoms with Crippen LogP contribution in [0.25, 0.3) is 0 Å². The molecule has 1 aliphatic heterocycles. The van der Waals surface area contributed by atoms with Crippen LogP contribution in [0.3, 0.4) is 0 Å². The summed E-state index contributed by atoms with van der Waals surface area (Å²) >= 11 is 0. The minimum Gasteiger partial charge on any atom is -0.490 e. The molecule has 0 aromatic heterocycles. The Balaban J connectivity index is 1.87. The molecule has 3 rings (SSSR count). The number of ether oxygens (including phenoxy) is 2. The highest BCUT2D eigenvalue weighted by molar-refractivity contribution is 6.00. The van der Waals surface area contributed by atoms with Gasteiger partial charge < -0.3 is 34.6 Å². The summed E-state index contributed by atoms with van der Waals surface area (Å²) in [5, 5.41) is 13.3. The fourth-order valence-corrected chi connectivity index (χ4v) is 6.18. The Hall–Kier alpha value is -2.69. The minimum absolute atomic E-state index is 0.00754. The van der Waals surface area contributed by atoms with E-state index in [2.05, 4.69) is 10.2 Å². The number of nitrogens with one attached hydrogen (secondary N) is 1. The predicted octanol–water partition coefficient (Wildman–Crippen LogP) is 4.80. The summed E-state index contributed by atoms with van der Waals surface area (Å²) in [4.78, 5) is 45.8. The van der Waals surface area contributed by atoms with E-state index in [0.717, 1.165) is 57.9 Å². The maximum absolute atomic E-state index is 14.3. The molecule has 0 bridgehead atoms. The normalized spacial score (nSPS) is 23.1. The van der Waals surface area contributed by atoms with E-state index in [9.17, 15) is 19.5 Å². The Labute approximate surface area is 270 Å². The molecule has 2 aliphatic rings. The number of rotatable bonds is 10. The van der Waals surface area contributed by atoms with Crippen molar-refractivity contribution in [3.63, 3.8) is 0 Å². The molecule has 1 fully saturated rings. The molecule has 10 heteroatoms. The van der Waals surface area contributed by atoms with Gasteiger partial charge in [-0.25, -0.2) is 0 Å². The highest BCUT2D eigenvalue weighted by atomic mass is 16.5. The van der Waals surface area contributed by atoms with Crippen LogP contribution in [0, 0.1) is 11.8 Å². The molecule has 4 atom stereocenters. The van der Waals surface area contributed by atoms with E-state index in [1.807, 2.05) is 41.9 Å². The number of likely N-dealkylation sites (N-methyl/N-ethyl adjacent to an activating group) is 1. The second-order valence-electron chi connectivity index (χ2n) is 13.5. The van der Waals surface area contributed by atoms with Crippen molar-refractivity contribution >= 4 is 23.4 Å². The molecule has 254 valence electrons. The van der Waals surface area contributed by atoms with Gasteiger partial charge in [0.05, 0.1) is 30.4 Å². The van der Waals surface area contributed by atoms with Gasteiger partial charge in [0.25, 0.3) is 5.91 Å². The van der Waals surface area contributed by atoms with Gasteiger partial charge in [0, 0.05) is 50.7 Å². The first-order valence-electron chi connectivity index (χ1n) is 17.0. The van der Waals surface area contributed by atoms with Crippen molar-refractivity contribution in [2.45, 2.75) is 103 Å². The Bertz CT molecular complexity index is 1090. The maximum Gasteiger partial charge on any atom is 0.258 e. The van der Waals surface area contributed by atoms with Gasteiger partial charge in [0.1, 0.15) is 5.75 Å². The van der Waals surface area contributed by atoms with Crippen molar-refractivity contribution in [1.82, 2.24) is 14.7 Å². The highest BCUT2D eigenvalue weighted by Gasteiger charge is 2.31. The molecule has 3 amide bonds. The van der Waals surface area contributed by atoms with Crippen LogP contribution in [0.2, 0.25) is 0 Å². The quantitative estimate of drug-likeness (QED) is 0.382. The number of aliphatic hydroxyl groups is 1. The van der Waals surface area contributed by atoms with Crippen LogP contribution >= 0.6 is 0 Å². The average molecular weight is 631 g/mol. The van der Waals surface area contributed by atoms with E-state index in [0.29, 0.717) is 43.1 Å². The molecule has 1 heterocycles. The molecule has 0 spiro atoms. The van der Waals surface area contributed by atoms with Gasteiger partial charge in [0.15, 0.2) is 0 Å². The summed E-state index contributed by atoms with van der Waals surface area (Å²) in [6.45, 7) is 7.78. The molecule has 0 radical (unpaired) electrons. The summed E-state index contributed by atoms with van der Waals surface area (Å²) in [5.74, 6) is 0.127. The first-order valence-corrected chi connectivity index (χ1v) is 17.0. The predicted molar refractivity (Wildman–Crippen MR) is 178 cm³/mol. The number of fused-ring (bicyclic) bond motifs is 1. The molecule has 0 unspecified atom stereocenters.